The van der Waals surface area contributed by atoms with Crippen molar-refractivity contribution >= 4 is 12.0 Å². The minimum absolute atomic E-state index is 0.142. The van der Waals surface area contributed by atoms with Gasteiger partial charge in [-0.3, -0.25) is 9.48 Å². The summed E-state index contributed by atoms with van der Waals surface area (Å²) in [6.45, 7) is 2.59. The third kappa shape index (κ3) is 4.03. The van der Waals surface area contributed by atoms with Crippen molar-refractivity contribution < 1.29 is 9.90 Å². The Bertz CT molecular complexity index is 605. The van der Waals surface area contributed by atoms with E-state index in [9.17, 15) is 9.90 Å². The van der Waals surface area contributed by atoms with Crippen LogP contribution in [-0.2, 0) is 11.3 Å². The van der Waals surface area contributed by atoms with Crippen LogP contribution in [0.15, 0.2) is 48.7 Å². The molecule has 0 aliphatic heterocycles. The number of hydrogen-bond acceptors (Lipinski definition) is 3. The zero-order valence-corrected chi connectivity index (χ0v) is 11.9. The summed E-state index contributed by atoms with van der Waals surface area (Å²) in [5.41, 5.74) is 1.74. The average Bonchev–Trinajstić information content (AvgIpc) is 2.99. The van der Waals surface area contributed by atoms with E-state index in [2.05, 4.69) is 10.4 Å². The van der Waals surface area contributed by atoms with Gasteiger partial charge in [0.1, 0.15) is 0 Å². The van der Waals surface area contributed by atoms with Crippen LogP contribution in [0.1, 0.15) is 24.2 Å². The van der Waals surface area contributed by atoms with Crippen LogP contribution in [0.3, 0.4) is 0 Å². The number of aromatic nitrogens is 2. The fraction of sp³-hybridized carbons (Fsp3) is 0.250. The van der Waals surface area contributed by atoms with Crippen LogP contribution in [0.2, 0.25) is 0 Å². The Morgan fingerprint density at radius 1 is 1.38 bits per heavy atom. The number of carbonyl (C=O) groups is 1. The Morgan fingerprint density at radius 2 is 2.14 bits per heavy atom. The summed E-state index contributed by atoms with van der Waals surface area (Å²) in [4.78, 5) is 11.9. The van der Waals surface area contributed by atoms with Crippen molar-refractivity contribution in [2.75, 3.05) is 6.61 Å². The van der Waals surface area contributed by atoms with Gasteiger partial charge in [0, 0.05) is 18.8 Å². The molecule has 0 fully saturated rings. The summed E-state index contributed by atoms with van der Waals surface area (Å²) >= 11 is 0. The molecule has 1 heterocycles. The molecule has 0 aliphatic carbocycles. The van der Waals surface area contributed by atoms with E-state index >= 15 is 0 Å². The Labute approximate surface area is 123 Å². The van der Waals surface area contributed by atoms with Crippen molar-refractivity contribution in [1.82, 2.24) is 15.1 Å². The third-order valence-corrected chi connectivity index (χ3v) is 3.16. The summed E-state index contributed by atoms with van der Waals surface area (Å²) in [6.07, 6.45) is 4.86. The maximum absolute atomic E-state index is 11.9. The highest BCUT2D eigenvalue weighted by Gasteiger charge is 2.11. The lowest BCUT2D eigenvalue weighted by Crippen LogP contribution is -2.29. The number of rotatable bonds is 6. The molecule has 0 saturated carbocycles. The molecule has 2 aromatic rings. The minimum atomic E-state index is -0.403. The highest BCUT2D eigenvalue weighted by Crippen LogP contribution is 2.11. The predicted molar refractivity (Wildman–Crippen MR) is 81.3 cm³/mol. The van der Waals surface area contributed by atoms with E-state index in [1.165, 1.54) is 6.08 Å². The number of carbonyl (C=O) groups excluding carboxylic acids is 1. The van der Waals surface area contributed by atoms with E-state index in [1.54, 1.807) is 17.0 Å². The van der Waals surface area contributed by atoms with Crippen LogP contribution in [0.4, 0.5) is 0 Å². The van der Waals surface area contributed by atoms with Gasteiger partial charge in [0.2, 0.25) is 5.91 Å². The molecule has 0 bridgehead atoms. The molecule has 1 aromatic carbocycles. The van der Waals surface area contributed by atoms with Crippen LogP contribution >= 0.6 is 0 Å². The number of amides is 1. The largest absolute Gasteiger partial charge is 0.394 e. The number of aryl methyl sites for hydroxylation is 1. The van der Waals surface area contributed by atoms with Gasteiger partial charge in [0.25, 0.3) is 0 Å². The molecule has 0 saturated heterocycles. The topological polar surface area (TPSA) is 67.2 Å². The highest BCUT2D eigenvalue weighted by atomic mass is 16.3. The van der Waals surface area contributed by atoms with Crippen LogP contribution in [-0.4, -0.2) is 27.4 Å². The molecule has 0 spiro atoms. The zero-order chi connectivity index (χ0) is 15.1. The fourth-order valence-corrected chi connectivity index (χ4v) is 2.05. The Morgan fingerprint density at radius 3 is 2.81 bits per heavy atom. The molecule has 2 rings (SSSR count). The number of aliphatic hydroxyl groups excluding tert-OH is 1. The lowest BCUT2D eigenvalue weighted by Gasteiger charge is -2.15. The second-order valence-electron chi connectivity index (χ2n) is 4.56. The molecule has 1 atom stereocenters. The van der Waals surface area contributed by atoms with Gasteiger partial charge < -0.3 is 10.4 Å². The van der Waals surface area contributed by atoms with Crippen LogP contribution in [0, 0.1) is 0 Å². The maximum Gasteiger partial charge on any atom is 0.244 e. The summed E-state index contributed by atoms with van der Waals surface area (Å²) < 4.78 is 1.80. The van der Waals surface area contributed by atoms with Crippen molar-refractivity contribution in [2.45, 2.75) is 19.5 Å². The molecule has 0 aliphatic rings. The van der Waals surface area contributed by atoms with Gasteiger partial charge in [-0.2, -0.15) is 5.10 Å². The van der Waals surface area contributed by atoms with Crippen molar-refractivity contribution in [3.8, 4) is 0 Å². The maximum atomic E-state index is 11.9. The normalized spacial score (nSPS) is 12.5. The summed E-state index contributed by atoms with van der Waals surface area (Å²) in [5.74, 6) is -0.248. The zero-order valence-electron chi connectivity index (χ0n) is 11.9. The van der Waals surface area contributed by atoms with Gasteiger partial charge in [0.15, 0.2) is 0 Å². The Hall–Kier alpha value is -2.40. The second-order valence-corrected chi connectivity index (χ2v) is 4.56. The summed E-state index contributed by atoms with van der Waals surface area (Å²) in [7, 11) is 0. The standard InChI is InChI=1S/C16H19N3O2/c1-2-19-14(10-11-17-19)8-9-16(21)18-15(12-20)13-6-4-3-5-7-13/h3-11,15,20H,2,12H2,1H3,(H,18,21)/b9-8+. The Kier molecular flexibility index (Phi) is 5.29. The molecular formula is C16H19N3O2. The number of benzene rings is 1. The van der Waals surface area contributed by atoms with Gasteiger partial charge in [-0.15, -0.1) is 0 Å². The molecule has 5 heteroatoms. The lowest BCUT2D eigenvalue weighted by atomic mass is 10.1. The van der Waals surface area contributed by atoms with Gasteiger partial charge in [0.05, 0.1) is 18.3 Å². The van der Waals surface area contributed by atoms with E-state index in [-0.39, 0.29) is 12.5 Å². The van der Waals surface area contributed by atoms with E-state index in [4.69, 9.17) is 0 Å². The van der Waals surface area contributed by atoms with E-state index in [0.29, 0.717) is 0 Å². The van der Waals surface area contributed by atoms with Crippen LogP contribution in [0.5, 0.6) is 0 Å². The number of hydrogen-bond donors (Lipinski definition) is 2. The molecule has 1 aromatic heterocycles. The highest BCUT2D eigenvalue weighted by molar-refractivity contribution is 5.91. The molecule has 0 radical (unpaired) electrons. The van der Waals surface area contributed by atoms with Crippen LogP contribution in [0.25, 0.3) is 6.08 Å². The smallest absolute Gasteiger partial charge is 0.244 e. The SMILES string of the molecule is CCn1nccc1/C=C/C(=O)NC(CO)c1ccccc1. The van der Waals surface area contributed by atoms with Crippen LogP contribution < -0.4 is 5.32 Å². The van der Waals surface area contributed by atoms with E-state index < -0.39 is 6.04 Å². The second kappa shape index (κ2) is 7.40. The first kappa shape index (κ1) is 15.0. The van der Waals surface area contributed by atoms with Gasteiger partial charge in [-0.25, -0.2) is 0 Å². The lowest BCUT2D eigenvalue weighted by molar-refractivity contribution is -0.117. The average molecular weight is 285 g/mol. The number of nitrogens with one attached hydrogen (secondary N) is 1. The molecule has 1 unspecified atom stereocenters. The minimum Gasteiger partial charge on any atom is -0.394 e. The molecule has 2 N–H and O–H groups in total. The van der Waals surface area contributed by atoms with Crippen molar-refractivity contribution in [2.24, 2.45) is 0 Å². The monoisotopic (exact) mass is 285 g/mol. The quantitative estimate of drug-likeness (QED) is 0.795. The first-order valence-electron chi connectivity index (χ1n) is 6.90. The molecule has 1 amide bonds. The number of nitrogens with zero attached hydrogens (tertiary/aromatic N) is 2. The molecular weight excluding hydrogens is 266 g/mol. The van der Waals surface area contributed by atoms with Crippen molar-refractivity contribution in [1.29, 1.82) is 0 Å². The number of aliphatic hydroxyl groups is 1. The fourth-order valence-electron chi connectivity index (χ4n) is 2.05. The molecule has 5 nitrogen and oxygen atoms in total. The first-order valence-corrected chi connectivity index (χ1v) is 6.90. The van der Waals surface area contributed by atoms with E-state index in [1.807, 2.05) is 43.3 Å². The first-order chi connectivity index (χ1) is 10.2. The predicted octanol–water partition coefficient (Wildman–Crippen LogP) is 1.77. The van der Waals surface area contributed by atoms with Gasteiger partial charge in [-0.05, 0) is 24.6 Å². The summed E-state index contributed by atoms with van der Waals surface area (Å²) in [5, 5.41) is 16.3. The van der Waals surface area contributed by atoms with Crippen molar-refractivity contribution in [3.63, 3.8) is 0 Å². The molecule has 21 heavy (non-hydrogen) atoms. The Balaban J connectivity index is 2.00. The van der Waals surface area contributed by atoms with E-state index in [0.717, 1.165) is 17.8 Å². The third-order valence-electron chi connectivity index (χ3n) is 3.16. The van der Waals surface area contributed by atoms with Crippen molar-refractivity contribution in [3.05, 3.63) is 59.9 Å². The van der Waals surface area contributed by atoms with Gasteiger partial charge >= 0.3 is 0 Å². The van der Waals surface area contributed by atoms with Gasteiger partial charge in [-0.1, -0.05) is 30.3 Å². The molecule has 110 valence electrons. The summed E-state index contributed by atoms with van der Waals surface area (Å²) in [6, 6.07) is 10.8.